The average molecular weight is 413 g/mol. The van der Waals surface area contributed by atoms with Crippen LogP contribution < -0.4 is 10.1 Å². The average Bonchev–Trinajstić information content (AvgIpc) is 2.74. The number of likely N-dealkylation sites (N-methyl/N-ethyl adjacent to an activating group) is 1. The lowest BCUT2D eigenvalue weighted by molar-refractivity contribution is -0.113. The van der Waals surface area contributed by atoms with Crippen LogP contribution >= 0.6 is 11.8 Å². The van der Waals surface area contributed by atoms with E-state index < -0.39 is 0 Å². The third kappa shape index (κ3) is 6.51. The maximum absolute atomic E-state index is 12.6. The van der Waals surface area contributed by atoms with Crippen molar-refractivity contribution in [2.24, 2.45) is 4.99 Å². The van der Waals surface area contributed by atoms with Crippen LogP contribution in [0.3, 0.4) is 0 Å². The summed E-state index contributed by atoms with van der Waals surface area (Å²) in [5, 5.41) is 3.84. The smallest absolute Gasteiger partial charge is 0.234 e. The van der Waals surface area contributed by atoms with Crippen LogP contribution in [0.25, 0.3) is 0 Å². The first-order valence-corrected chi connectivity index (χ1v) is 10.9. The van der Waals surface area contributed by atoms with Crippen molar-refractivity contribution in [3.63, 3.8) is 0 Å². The zero-order valence-corrected chi connectivity index (χ0v) is 17.8. The predicted molar refractivity (Wildman–Crippen MR) is 121 cm³/mol. The molecular formula is C22H28N4O2S. The van der Waals surface area contributed by atoms with Gasteiger partial charge in [-0.1, -0.05) is 42.1 Å². The number of amidine groups is 1. The van der Waals surface area contributed by atoms with Crippen LogP contribution in [0.1, 0.15) is 6.92 Å². The van der Waals surface area contributed by atoms with Crippen LogP contribution in [0.4, 0.5) is 11.4 Å². The van der Waals surface area contributed by atoms with E-state index in [4.69, 9.17) is 9.73 Å². The quantitative estimate of drug-likeness (QED) is 0.579. The number of carbonyl (C=O) groups is 1. The largest absolute Gasteiger partial charge is 0.492 e. The Kier molecular flexibility index (Phi) is 7.95. The number of para-hydroxylation sites is 3. The summed E-state index contributed by atoms with van der Waals surface area (Å²) in [5.74, 6) is 0.904. The number of thioether (sulfide) groups is 1. The van der Waals surface area contributed by atoms with E-state index in [-0.39, 0.29) is 5.91 Å². The fourth-order valence-electron chi connectivity index (χ4n) is 2.97. The number of benzene rings is 2. The molecule has 1 aliphatic heterocycles. The van der Waals surface area contributed by atoms with Gasteiger partial charge in [-0.2, -0.15) is 0 Å². The van der Waals surface area contributed by atoms with Crippen molar-refractivity contribution in [3.8, 4) is 5.75 Å². The second-order valence-corrected chi connectivity index (χ2v) is 7.73. The lowest BCUT2D eigenvalue weighted by atomic mass is 10.3. The summed E-state index contributed by atoms with van der Waals surface area (Å²) in [6.07, 6.45) is 0. The van der Waals surface area contributed by atoms with Gasteiger partial charge >= 0.3 is 0 Å². The van der Waals surface area contributed by atoms with Gasteiger partial charge in [0.25, 0.3) is 0 Å². The predicted octanol–water partition coefficient (Wildman–Crippen LogP) is 3.69. The molecule has 0 spiro atoms. The third-order valence-electron chi connectivity index (χ3n) is 4.55. The highest BCUT2D eigenvalue weighted by atomic mass is 32.2. The Morgan fingerprint density at radius 1 is 1.07 bits per heavy atom. The van der Waals surface area contributed by atoms with Crippen molar-refractivity contribution >= 4 is 34.2 Å². The van der Waals surface area contributed by atoms with Gasteiger partial charge in [0.2, 0.25) is 5.91 Å². The van der Waals surface area contributed by atoms with Gasteiger partial charge in [-0.25, -0.2) is 4.99 Å². The van der Waals surface area contributed by atoms with E-state index in [2.05, 4.69) is 22.2 Å². The van der Waals surface area contributed by atoms with Gasteiger partial charge in [0.1, 0.15) is 5.75 Å². The van der Waals surface area contributed by atoms with Gasteiger partial charge in [0.15, 0.2) is 5.17 Å². The molecule has 7 heteroatoms. The summed E-state index contributed by atoms with van der Waals surface area (Å²) < 4.78 is 5.59. The molecule has 29 heavy (non-hydrogen) atoms. The number of nitrogens with one attached hydrogen (secondary N) is 1. The molecule has 1 aliphatic rings. The second-order valence-electron chi connectivity index (χ2n) is 6.79. The maximum atomic E-state index is 12.6. The number of hydrogen-bond donors (Lipinski definition) is 1. The Morgan fingerprint density at radius 2 is 1.76 bits per heavy atom. The molecule has 1 N–H and O–H groups in total. The zero-order valence-electron chi connectivity index (χ0n) is 17.0. The summed E-state index contributed by atoms with van der Waals surface area (Å²) >= 11 is 1.48. The first-order valence-electron chi connectivity index (χ1n) is 9.87. The summed E-state index contributed by atoms with van der Waals surface area (Å²) in [4.78, 5) is 22.0. The number of anilines is 1. The van der Waals surface area contributed by atoms with E-state index in [9.17, 15) is 4.79 Å². The van der Waals surface area contributed by atoms with Crippen LogP contribution in [-0.2, 0) is 4.79 Å². The third-order valence-corrected chi connectivity index (χ3v) is 5.56. The van der Waals surface area contributed by atoms with Crippen LogP contribution in [0.15, 0.2) is 59.6 Å². The van der Waals surface area contributed by atoms with Gasteiger partial charge in [0, 0.05) is 26.2 Å². The van der Waals surface area contributed by atoms with Crippen LogP contribution in [-0.4, -0.2) is 66.5 Å². The minimum Gasteiger partial charge on any atom is -0.492 e. The number of carbonyl (C=O) groups excluding carboxylic acids is 1. The molecule has 0 aliphatic carbocycles. The molecule has 0 aromatic heterocycles. The lowest BCUT2D eigenvalue weighted by Crippen LogP contribution is -2.46. The Hall–Kier alpha value is -2.51. The molecule has 0 unspecified atom stereocenters. The number of hydrogen-bond acceptors (Lipinski definition) is 5. The summed E-state index contributed by atoms with van der Waals surface area (Å²) in [5.41, 5.74) is 1.59. The van der Waals surface area contributed by atoms with E-state index >= 15 is 0 Å². The zero-order chi connectivity index (χ0) is 20.5. The normalized spacial score (nSPS) is 15.2. The van der Waals surface area contributed by atoms with E-state index in [1.165, 1.54) is 11.8 Å². The van der Waals surface area contributed by atoms with Gasteiger partial charge in [-0.15, -0.1) is 0 Å². The van der Waals surface area contributed by atoms with E-state index in [1.807, 2.05) is 61.5 Å². The van der Waals surface area contributed by atoms with E-state index in [0.717, 1.165) is 37.0 Å². The van der Waals surface area contributed by atoms with Crippen molar-refractivity contribution in [3.05, 3.63) is 54.6 Å². The number of nitrogens with zero attached hydrogens (tertiary/aromatic N) is 3. The SMILES string of the molecule is CCOc1ccccc1NC(=O)CSC(=Nc1ccccc1)N1CCN(C)CC1. The molecule has 6 nitrogen and oxygen atoms in total. The second kappa shape index (κ2) is 10.9. The number of ether oxygens (including phenoxy) is 1. The van der Waals surface area contributed by atoms with E-state index in [1.54, 1.807) is 0 Å². The van der Waals surface area contributed by atoms with Crippen LogP contribution in [0, 0.1) is 0 Å². The maximum Gasteiger partial charge on any atom is 0.234 e. The monoisotopic (exact) mass is 412 g/mol. The van der Waals surface area contributed by atoms with Gasteiger partial charge in [0.05, 0.1) is 23.7 Å². The summed E-state index contributed by atoms with van der Waals surface area (Å²) in [6.45, 7) is 6.27. The number of rotatable bonds is 6. The lowest BCUT2D eigenvalue weighted by Gasteiger charge is -2.34. The van der Waals surface area contributed by atoms with Crippen molar-refractivity contribution < 1.29 is 9.53 Å². The number of piperazine rings is 1. The van der Waals surface area contributed by atoms with Crippen LogP contribution in [0.5, 0.6) is 5.75 Å². The van der Waals surface area contributed by atoms with Crippen LogP contribution in [0.2, 0.25) is 0 Å². The highest BCUT2D eigenvalue weighted by Crippen LogP contribution is 2.24. The molecule has 2 aromatic carbocycles. The minimum atomic E-state index is -0.0722. The molecule has 0 atom stereocenters. The Bertz CT molecular complexity index is 821. The van der Waals surface area contributed by atoms with Crippen molar-refractivity contribution in [1.29, 1.82) is 0 Å². The molecule has 0 saturated carbocycles. The molecule has 2 aromatic rings. The fourth-order valence-corrected chi connectivity index (χ4v) is 3.84. The summed E-state index contributed by atoms with van der Waals surface area (Å²) in [7, 11) is 2.13. The molecule has 1 amide bonds. The fraction of sp³-hybridized carbons (Fsp3) is 0.364. The first-order chi connectivity index (χ1) is 14.2. The molecular weight excluding hydrogens is 384 g/mol. The molecule has 0 radical (unpaired) electrons. The van der Waals surface area contributed by atoms with Gasteiger partial charge in [-0.05, 0) is 38.2 Å². The van der Waals surface area contributed by atoms with Crippen molar-refractivity contribution in [2.75, 3.05) is 50.9 Å². The highest BCUT2D eigenvalue weighted by molar-refractivity contribution is 8.14. The van der Waals surface area contributed by atoms with Crippen molar-refractivity contribution in [2.45, 2.75) is 6.92 Å². The van der Waals surface area contributed by atoms with Crippen molar-refractivity contribution in [1.82, 2.24) is 9.80 Å². The molecule has 1 saturated heterocycles. The Morgan fingerprint density at radius 3 is 2.48 bits per heavy atom. The molecule has 1 fully saturated rings. The Balaban J connectivity index is 1.66. The summed E-state index contributed by atoms with van der Waals surface area (Å²) in [6, 6.07) is 17.4. The number of aliphatic imine (C=N–C) groups is 1. The Labute approximate surface area is 176 Å². The topological polar surface area (TPSA) is 57.2 Å². The highest BCUT2D eigenvalue weighted by Gasteiger charge is 2.19. The standard InChI is InChI=1S/C22H28N4O2S/c1-3-28-20-12-8-7-11-19(20)24-21(27)17-29-22(23-18-9-5-4-6-10-18)26-15-13-25(2)14-16-26/h4-12H,3,13-17H2,1-2H3,(H,24,27). The van der Waals surface area contributed by atoms with Gasteiger partial charge < -0.3 is 19.9 Å². The molecule has 154 valence electrons. The molecule has 0 bridgehead atoms. The number of amides is 1. The van der Waals surface area contributed by atoms with E-state index in [0.29, 0.717) is 23.8 Å². The molecule has 1 heterocycles. The van der Waals surface area contributed by atoms with Gasteiger partial charge in [-0.3, -0.25) is 4.79 Å². The molecule has 3 rings (SSSR count). The minimum absolute atomic E-state index is 0.0722. The first kappa shape index (κ1) is 21.2.